The van der Waals surface area contributed by atoms with Crippen LogP contribution < -0.4 is 5.32 Å². The van der Waals surface area contributed by atoms with Crippen molar-refractivity contribution in [3.05, 3.63) is 42.1 Å². The van der Waals surface area contributed by atoms with E-state index in [4.69, 9.17) is 5.11 Å². The number of nitrogens with one attached hydrogen (secondary N) is 1. The first-order valence-electron chi connectivity index (χ1n) is 6.54. The van der Waals surface area contributed by atoms with E-state index in [2.05, 4.69) is 16.4 Å². The van der Waals surface area contributed by atoms with Gasteiger partial charge in [0, 0.05) is 18.1 Å². The summed E-state index contributed by atoms with van der Waals surface area (Å²) >= 11 is 0. The largest absolute Gasteiger partial charge is 0.480 e. The predicted molar refractivity (Wildman–Crippen MR) is 72.7 cm³/mol. The average molecular weight is 256 g/mol. The van der Waals surface area contributed by atoms with E-state index in [9.17, 15) is 4.79 Å². The molecule has 1 saturated carbocycles. The Bertz CT molecular complexity index is 608. The number of rotatable bonds is 5. The summed E-state index contributed by atoms with van der Waals surface area (Å²) < 4.78 is 0. The number of nitrogens with zero attached hydrogens (tertiary/aromatic N) is 1. The quantitative estimate of drug-likeness (QED) is 0.860. The minimum absolute atomic E-state index is 0.305. The van der Waals surface area contributed by atoms with Crippen LogP contribution in [0.25, 0.3) is 10.9 Å². The smallest absolute Gasteiger partial charge is 0.320 e. The van der Waals surface area contributed by atoms with Gasteiger partial charge in [0.25, 0.3) is 0 Å². The van der Waals surface area contributed by atoms with Crippen molar-refractivity contribution >= 4 is 16.9 Å². The summed E-state index contributed by atoms with van der Waals surface area (Å²) in [5.41, 5.74) is 2.05. The van der Waals surface area contributed by atoms with Crippen molar-refractivity contribution in [3.8, 4) is 0 Å². The molecule has 1 fully saturated rings. The third-order valence-corrected chi connectivity index (χ3v) is 3.55. The van der Waals surface area contributed by atoms with Crippen LogP contribution in [0.2, 0.25) is 0 Å². The fraction of sp³-hybridized carbons (Fsp3) is 0.333. The topological polar surface area (TPSA) is 62.2 Å². The zero-order valence-electron chi connectivity index (χ0n) is 10.5. The molecule has 0 amide bonds. The van der Waals surface area contributed by atoms with Crippen molar-refractivity contribution in [2.24, 2.45) is 5.92 Å². The Morgan fingerprint density at radius 3 is 3.00 bits per heavy atom. The van der Waals surface area contributed by atoms with Gasteiger partial charge in [-0.05, 0) is 42.5 Å². The van der Waals surface area contributed by atoms with Gasteiger partial charge in [0.05, 0.1) is 5.52 Å². The highest BCUT2D eigenvalue weighted by molar-refractivity contribution is 5.79. The lowest BCUT2D eigenvalue weighted by Crippen LogP contribution is -2.38. The Labute approximate surface area is 111 Å². The van der Waals surface area contributed by atoms with E-state index in [0.717, 1.165) is 29.3 Å². The molecule has 1 atom stereocenters. The number of pyridine rings is 1. The Morgan fingerprint density at radius 2 is 2.26 bits per heavy atom. The van der Waals surface area contributed by atoms with Gasteiger partial charge in [-0.3, -0.25) is 9.78 Å². The van der Waals surface area contributed by atoms with Crippen LogP contribution in [0.1, 0.15) is 18.4 Å². The zero-order chi connectivity index (χ0) is 13.2. The standard InChI is InChI=1S/C15H16N2O2/c18-15(19)14(11-4-5-11)17-9-10-3-6-13-12(8-10)2-1-7-16-13/h1-3,6-8,11,14,17H,4-5,9H2,(H,18,19). The Hall–Kier alpha value is -1.94. The van der Waals surface area contributed by atoms with Crippen LogP contribution in [0.15, 0.2) is 36.5 Å². The van der Waals surface area contributed by atoms with E-state index in [1.807, 2.05) is 24.3 Å². The first kappa shape index (κ1) is 12.1. The highest BCUT2D eigenvalue weighted by atomic mass is 16.4. The van der Waals surface area contributed by atoms with Crippen LogP contribution in [0, 0.1) is 5.92 Å². The van der Waals surface area contributed by atoms with E-state index in [1.165, 1.54) is 0 Å². The van der Waals surface area contributed by atoms with Crippen molar-refractivity contribution < 1.29 is 9.90 Å². The molecule has 1 aromatic carbocycles. The van der Waals surface area contributed by atoms with E-state index in [-0.39, 0.29) is 0 Å². The molecule has 4 nitrogen and oxygen atoms in total. The molecule has 1 aliphatic rings. The van der Waals surface area contributed by atoms with Crippen molar-refractivity contribution in [1.82, 2.24) is 10.3 Å². The van der Waals surface area contributed by atoms with Gasteiger partial charge in [-0.15, -0.1) is 0 Å². The molecule has 1 aromatic heterocycles. The lowest BCUT2D eigenvalue weighted by Gasteiger charge is -2.13. The van der Waals surface area contributed by atoms with Gasteiger partial charge in [0.15, 0.2) is 0 Å². The highest BCUT2D eigenvalue weighted by Crippen LogP contribution is 2.32. The minimum atomic E-state index is -0.745. The van der Waals surface area contributed by atoms with Gasteiger partial charge in [0.1, 0.15) is 6.04 Å². The van der Waals surface area contributed by atoms with Gasteiger partial charge < -0.3 is 10.4 Å². The lowest BCUT2D eigenvalue weighted by molar-refractivity contribution is -0.140. The van der Waals surface area contributed by atoms with Crippen LogP contribution in [0.3, 0.4) is 0 Å². The third-order valence-electron chi connectivity index (χ3n) is 3.55. The summed E-state index contributed by atoms with van der Waals surface area (Å²) in [5.74, 6) is -0.440. The molecular weight excluding hydrogens is 240 g/mol. The second-order valence-corrected chi connectivity index (χ2v) is 5.06. The Morgan fingerprint density at radius 1 is 1.42 bits per heavy atom. The monoisotopic (exact) mass is 256 g/mol. The number of hydrogen-bond acceptors (Lipinski definition) is 3. The maximum absolute atomic E-state index is 11.1. The zero-order valence-corrected chi connectivity index (χ0v) is 10.5. The van der Waals surface area contributed by atoms with Gasteiger partial charge in [-0.2, -0.15) is 0 Å². The number of aromatic nitrogens is 1. The molecule has 0 bridgehead atoms. The van der Waals surface area contributed by atoms with Crippen LogP contribution in [-0.2, 0) is 11.3 Å². The lowest BCUT2D eigenvalue weighted by atomic mass is 10.1. The van der Waals surface area contributed by atoms with E-state index in [0.29, 0.717) is 12.5 Å². The number of carboxylic acid groups (broad SMARTS) is 1. The van der Waals surface area contributed by atoms with Gasteiger partial charge >= 0.3 is 5.97 Å². The molecule has 0 aliphatic heterocycles. The second kappa shape index (κ2) is 4.97. The summed E-state index contributed by atoms with van der Waals surface area (Å²) in [4.78, 5) is 15.4. The van der Waals surface area contributed by atoms with Crippen molar-refractivity contribution in [1.29, 1.82) is 0 Å². The number of hydrogen-bond donors (Lipinski definition) is 2. The SMILES string of the molecule is O=C(O)C(NCc1ccc2ncccc2c1)C1CC1. The molecule has 2 N–H and O–H groups in total. The summed E-state index contributed by atoms with van der Waals surface area (Å²) in [5, 5.41) is 13.4. The number of aliphatic carboxylic acids is 1. The molecule has 0 saturated heterocycles. The van der Waals surface area contributed by atoms with Crippen molar-refractivity contribution in [3.63, 3.8) is 0 Å². The molecule has 2 aromatic rings. The third kappa shape index (κ3) is 2.74. The molecule has 4 heteroatoms. The second-order valence-electron chi connectivity index (χ2n) is 5.06. The molecule has 1 heterocycles. The minimum Gasteiger partial charge on any atom is -0.480 e. The fourth-order valence-corrected chi connectivity index (χ4v) is 2.35. The molecule has 3 rings (SSSR count). The summed E-state index contributed by atoms with van der Waals surface area (Å²) in [7, 11) is 0. The molecule has 19 heavy (non-hydrogen) atoms. The van der Waals surface area contributed by atoms with Crippen LogP contribution in [0.5, 0.6) is 0 Å². The predicted octanol–water partition coefficient (Wildman–Crippen LogP) is 2.19. The van der Waals surface area contributed by atoms with Gasteiger partial charge in [-0.25, -0.2) is 0 Å². The molecule has 1 aliphatic carbocycles. The van der Waals surface area contributed by atoms with E-state index < -0.39 is 12.0 Å². The molecule has 0 radical (unpaired) electrons. The van der Waals surface area contributed by atoms with Crippen LogP contribution in [-0.4, -0.2) is 22.1 Å². The van der Waals surface area contributed by atoms with Gasteiger partial charge in [-0.1, -0.05) is 12.1 Å². The summed E-state index contributed by atoms with van der Waals surface area (Å²) in [6.45, 7) is 0.582. The molecule has 0 spiro atoms. The number of carboxylic acids is 1. The molecular formula is C15H16N2O2. The number of benzene rings is 1. The summed E-state index contributed by atoms with van der Waals surface area (Å²) in [6.07, 6.45) is 3.81. The van der Waals surface area contributed by atoms with E-state index in [1.54, 1.807) is 6.20 Å². The maximum atomic E-state index is 11.1. The first-order valence-corrected chi connectivity index (χ1v) is 6.54. The molecule has 1 unspecified atom stereocenters. The first-order chi connectivity index (χ1) is 9.24. The van der Waals surface area contributed by atoms with Gasteiger partial charge in [0.2, 0.25) is 0 Å². The highest BCUT2D eigenvalue weighted by Gasteiger charge is 2.35. The number of fused-ring (bicyclic) bond motifs is 1. The van der Waals surface area contributed by atoms with Crippen LogP contribution in [0.4, 0.5) is 0 Å². The number of carbonyl (C=O) groups is 1. The van der Waals surface area contributed by atoms with E-state index >= 15 is 0 Å². The Kier molecular flexibility index (Phi) is 3.17. The normalized spacial score (nSPS) is 16.4. The fourth-order valence-electron chi connectivity index (χ4n) is 2.35. The maximum Gasteiger partial charge on any atom is 0.320 e. The van der Waals surface area contributed by atoms with Crippen molar-refractivity contribution in [2.45, 2.75) is 25.4 Å². The van der Waals surface area contributed by atoms with Crippen LogP contribution >= 0.6 is 0 Å². The Balaban J connectivity index is 1.72. The average Bonchev–Trinajstić information content (AvgIpc) is 3.23. The summed E-state index contributed by atoms with van der Waals surface area (Å²) in [6, 6.07) is 9.53. The van der Waals surface area contributed by atoms with Crippen molar-refractivity contribution in [2.75, 3.05) is 0 Å². The molecule has 98 valence electrons.